The molecule has 0 radical (unpaired) electrons. The number of piperidine rings is 1. The zero-order valence-corrected chi connectivity index (χ0v) is 13.9. The van der Waals surface area contributed by atoms with E-state index in [1.54, 1.807) is 23.0 Å². The molecule has 126 valence electrons. The van der Waals surface area contributed by atoms with Gasteiger partial charge in [-0.15, -0.1) is 0 Å². The molecule has 2 aromatic rings. The standard InChI is InChI=1S/C18H21N3O3/c1-12-16(11-20(2)19-12)17(22)21-9-3-4-15(10-21)13-5-7-14(8-6-13)18(23)24/h5-8,11,15H,3-4,9-10H2,1-2H3,(H,23,24). The molecule has 0 spiro atoms. The van der Waals surface area contributed by atoms with Gasteiger partial charge in [0.1, 0.15) is 0 Å². The third-order valence-corrected chi connectivity index (χ3v) is 4.58. The Labute approximate surface area is 140 Å². The second-order valence-electron chi connectivity index (χ2n) is 6.32. The molecule has 1 fully saturated rings. The first-order valence-corrected chi connectivity index (χ1v) is 8.08. The van der Waals surface area contributed by atoms with Crippen molar-refractivity contribution in [3.8, 4) is 0 Å². The van der Waals surface area contributed by atoms with Gasteiger partial charge in [-0.25, -0.2) is 4.79 Å². The van der Waals surface area contributed by atoms with Gasteiger partial charge in [0, 0.05) is 32.3 Å². The summed E-state index contributed by atoms with van der Waals surface area (Å²) < 4.78 is 1.66. The lowest BCUT2D eigenvalue weighted by atomic mass is 9.90. The van der Waals surface area contributed by atoms with Crippen LogP contribution in [0.2, 0.25) is 0 Å². The number of carboxylic acid groups (broad SMARTS) is 1. The van der Waals surface area contributed by atoms with Crippen molar-refractivity contribution in [2.75, 3.05) is 13.1 Å². The Hall–Kier alpha value is -2.63. The Kier molecular flexibility index (Phi) is 4.38. The normalized spacial score (nSPS) is 17.8. The molecule has 1 aromatic heterocycles. The molecule has 1 aliphatic heterocycles. The number of carbonyl (C=O) groups is 2. The van der Waals surface area contributed by atoms with Crippen LogP contribution in [0.3, 0.4) is 0 Å². The van der Waals surface area contributed by atoms with Crippen molar-refractivity contribution in [1.82, 2.24) is 14.7 Å². The minimum atomic E-state index is -0.922. The Morgan fingerprint density at radius 2 is 1.96 bits per heavy atom. The molecule has 1 N–H and O–H groups in total. The largest absolute Gasteiger partial charge is 0.478 e. The van der Waals surface area contributed by atoms with Crippen molar-refractivity contribution < 1.29 is 14.7 Å². The highest BCUT2D eigenvalue weighted by Crippen LogP contribution is 2.28. The molecule has 3 rings (SSSR count). The maximum atomic E-state index is 12.7. The van der Waals surface area contributed by atoms with E-state index in [-0.39, 0.29) is 17.4 Å². The molecule has 1 unspecified atom stereocenters. The van der Waals surface area contributed by atoms with E-state index in [0.29, 0.717) is 12.1 Å². The molecular formula is C18H21N3O3. The zero-order valence-electron chi connectivity index (χ0n) is 13.9. The molecule has 6 nitrogen and oxygen atoms in total. The molecule has 1 atom stereocenters. The van der Waals surface area contributed by atoms with Gasteiger partial charge >= 0.3 is 5.97 Å². The number of hydrogen-bond donors (Lipinski definition) is 1. The predicted molar refractivity (Wildman–Crippen MR) is 89.2 cm³/mol. The van der Waals surface area contributed by atoms with E-state index in [1.807, 2.05) is 31.0 Å². The fraction of sp³-hybridized carbons (Fsp3) is 0.389. The molecule has 1 aromatic carbocycles. The predicted octanol–water partition coefficient (Wildman–Crippen LogP) is 2.45. The van der Waals surface area contributed by atoms with E-state index in [9.17, 15) is 9.59 Å². The van der Waals surface area contributed by atoms with Crippen molar-refractivity contribution in [2.24, 2.45) is 7.05 Å². The number of aromatic nitrogens is 2. The highest BCUT2D eigenvalue weighted by molar-refractivity contribution is 5.95. The number of amides is 1. The molecule has 0 aliphatic carbocycles. The van der Waals surface area contributed by atoms with E-state index in [1.165, 1.54) is 0 Å². The summed E-state index contributed by atoms with van der Waals surface area (Å²) >= 11 is 0. The molecule has 24 heavy (non-hydrogen) atoms. The number of aromatic carboxylic acids is 1. The number of carboxylic acids is 1. The van der Waals surface area contributed by atoms with Crippen molar-refractivity contribution in [3.63, 3.8) is 0 Å². The summed E-state index contributed by atoms with van der Waals surface area (Å²) in [5, 5.41) is 13.2. The van der Waals surface area contributed by atoms with Crippen LogP contribution in [0.25, 0.3) is 0 Å². The topological polar surface area (TPSA) is 75.4 Å². The Bertz CT molecular complexity index is 764. The molecular weight excluding hydrogens is 306 g/mol. The Morgan fingerprint density at radius 3 is 2.54 bits per heavy atom. The first-order chi connectivity index (χ1) is 11.5. The molecule has 0 saturated carbocycles. The summed E-state index contributed by atoms with van der Waals surface area (Å²) in [6.07, 6.45) is 3.71. The van der Waals surface area contributed by atoms with Gasteiger partial charge in [0.2, 0.25) is 0 Å². The number of likely N-dealkylation sites (tertiary alicyclic amines) is 1. The van der Waals surface area contributed by atoms with Crippen molar-refractivity contribution in [3.05, 3.63) is 52.8 Å². The molecule has 1 aliphatic rings. The van der Waals surface area contributed by atoms with Crippen LogP contribution in [0.1, 0.15) is 50.7 Å². The number of benzene rings is 1. The minimum Gasteiger partial charge on any atom is -0.478 e. The average Bonchev–Trinajstić information content (AvgIpc) is 2.92. The smallest absolute Gasteiger partial charge is 0.335 e. The van der Waals surface area contributed by atoms with E-state index in [2.05, 4.69) is 5.10 Å². The number of rotatable bonds is 3. The van der Waals surface area contributed by atoms with Crippen LogP contribution in [-0.4, -0.2) is 44.8 Å². The van der Waals surface area contributed by atoms with Crippen molar-refractivity contribution in [2.45, 2.75) is 25.7 Å². The lowest BCUT2D eigenvalue weighted by Gasteiger charge is -2.33. The maximum Gasteiger partial charge on any atom is 0.335 e. The van der Waals surface area contributed by atoms with Crippen molar-refractivity contribution in [1.29, 1.82) is 0 Å². The van der Waals surface area contributed by atoms with Crippen LogP contribution in [0, 0.1) is 6.92 Å². The summed E-state index contributed by atoms with van der Waals surface area (Å²) in [5.74, 6) is -0.663. The highest BCUT2D eigenvalue weighted by Gasteiger charge is 2.27. The van der Waals surface area contributed by atoms with Gasteiger partial charge in [0.05, 0.1) is 16.8 Å². The molecule has 0 bridgehead atoms. The second kappa shape index (κ2) is 6.47. The van der Waals surface area contributed by atoms with Gasteiger partial charge in [0.15, 0.2) is 0 Å². The van der Waals surface area contributed by atoms with Crippen LogP contribution in [0.5, 0.6) is 0 Å². The van der Waals surface area contributed by atoms with Crippen LogP contribution >= 0.6 is 0 Å². The lowest BCUT2D eigenvalue weighted by Crippen LogP contribution is -2.39. The van der Waals surface area contributed by atoms with E-state index >= 15 is 0 Å². The molecule has 6 heteroatoms. The van der Waals surface area contributed by atoms with E-state index < -0.39 is 5.97 Å². The first-order valence-electron chi connectivity index (χ1n) is 8.08. The molecule has 2 heterocycles. The fourth-order valence-electron chi connectivity index (χ4n) is 3.31. The summed E-state index contributed by atoms with van der Waals surface area (Å²) in [7, 11) is 1.81. The molecule has 1 saturated heterocycles. The maximum absolute atomic E-state index is 12.7. The fourth-order valence-corrected chi connectivity index (χ4v) is 3.31. The summed E-state index contributed by atoms with van der Waals surface area (Å²) in [5.41, 5.74) is 2.77. The SMILES string of the molecule is Cc1nn(C)cc1C(=O)N1CCCC(c2ccc(C(=O)O)cc2)C1. The van der Waals surface area contributed by atoms with Gasteiger partial charge in [-0.1, -0.05) is 12.1 Å². The first kappa shape index (κ1) is 16.2. The highest BCUT2D eigenvalue weighted by atomic mass is 16.4. The number of carbonyl (C=O) groups excluding carboxylic acids is 1. The van der Waals surface area contributed by atoms with Crippen LogP contribution in [0.4, 0.5) is 0 Å². The van der Waals surface area contributed by atoms with Gasteiger partial charge in [-0.3, -0.25) is 9.48 Å². The van der Waals surface area contributed by atoms with Crippen LogP contribution in [-0.2, 0) is 7.05 Å². The van der Waals surface area contributed by atoms with Crippen LogP contribution < -0.4 is 0 Å². The van der Waals surface area contributed by atoms with Crippen molar-refractivity contribution >= 4 is 11.9 Å². The zero-order chi connectivity index (χ0) is 17.3. The lowest BCUT2D eigenvalue weighted by molar-refractivity contribution is 0.0693. The van der Waals surface area contributed by atoms with Crippen LogP contribution in [0.15, 0.2) is 30.5 Å². The Balaban J connectivity index is 1.75. The minimum absolute atomic E-state index is 0.0208. The quantitative estimate of drug-likeness (QED) is 0.939. The monoisotopic (exact) mass is 327 g/mol. The third-order valence-electron chi connectivity index (χ3n) is 4.58. The van der Waals surface area contributed by atoms with E-state index in [0.717, 1.165) is 30.6 Å². The molecule has 1 amide bonds. The summed E-state index contributed by atoms with van der Waals surface area (Å²) in [4.78, 5) is 25.6. The third kappa shape index (κ3) is 3.18. The number of aryl methyl sites for hydroxylation is 2. The second-order valence-corrected chi connectivity index (χ2v) is 6.32. The summed E-state index contributed by atoms with van der Waals surface area (Å²) in [6.45, 7) is 3.25. The number of hydrogen-bond acceptors (Lipinski definition) is 3. The average molecular weight is 327 g/mol. The van der Waals surface area contributed by atoms with Gasteiger partial charge in [-0.05, 0) is 37.5 Å². The van der Waals surface area contributed by atoms with Gasteiger partial charge in [0.25, 0.3) is 5.91 Å². The van der Waals surface area contributed by atoms with E-state index in [4.69, 9.17) is 5.11 Å². The van der Waals surface area contributed by atoms with Gasteiger partial charge < -0.3 is 10.0 Å². The van der Waals surface area contributed by atoms with Gasteiger partial charge in [-0.2, -0.15) is 5.10 Å². The Morgan fingerprint density at radius 1 is 1.25 bits per heavy atom. The summed E-state index contributed by atoms with van der Waals surface area (Å²) in [6, 6.07) is 6.97. The number of nitrogens with zero attached hydrogens (tertiary/aromatic N) is 3.